The topological polar surface area (TPSA) is 88.4 Å². The summed E-state index contributed by atoms with van der Waals surface area (Å²) in [6.45, 7) is 0. The summed E-state index contributed by atoms with van der Waals surface area (Å²) in [6, 6.07) is 15.9. The third-order valence-corrected chi connectivity index (χ3v) is 6.08. The summed E-state index contributed by atoms with van der Waals surface area (Å²) in [4.78, 5) is 23.3. The van der Waals surface area contributed by atoms with E-state index in [0.29, 0.717) is 17.2 Å². The third-order valence-electron chi connectivity index (χ3n) is 6.08. The number of rotatable bonds is 7. The largest absolute Gasteiger partial charge is 0.478 e. The molecule has 2 aliphatic heterocycles. The molecule has 0 aromatic heterocycles. The van der Waals surface area contributed by atoms with Crippen molar-refractivity contribution < 1.29 is 24.2 Å². The number of ether oxygens (including phenoxy) is 2. The minimum atomic E-state index is -0.917. The van der Waals surface area contributed by atoms with E-state index in [1.165, 1.54) is 5.01 Å². The number of hydrogen-bond donors (Lipinski definition) is 1. The average Bonchev–Trinajstić information content (AvgIpc) is 3.38. The van der Waals surface area contributed by atoms with E-state index in [2.05, 4.69) is 5.10 Å². The van der Waals surface area contributed by atoms with Crippen LogP contribution < -0.4 is 4.74 Å². The first-order chi connectivity index (χ1) is 15.0. The molecule has 2 saturated heterocycles. The fourth-order valence-electron chi connectivity index (χ4n) is 4.42. The van der Waals surface area contributed by atoms with Crippen LogP contribution in [0, 0.1) is 11.8 Å². The standard InChI is InChI=1S/C24H26N2O5/c1-26(24(29)30-18-5-3-2-4-6-18)25-15-20-19(21-13-14-22(20)31-21)12-9-16-7-10-17(11-8-16)23(27)28/h2-8,10-11,15,19-22H,9,12-14H2,1H3,(H,27,28)/t19-,20+,21-,22+/m1/s1. The number of carboxylic acids is 1. The Morgan fingerprint density at radius 1 is 1.13 bits per heavy atom. The van der Waals surface area contributed by atoms with Crippen LogP contribution in [0.15, 0.2) is 59.7 Å². The van der Waals surface area contributed by atoms with Gasteiger partial charge < -0.3 is 14.6 Å². The first-order valence-electron chi connectivity index (χ1n) is 10.5. The molecule has 0 aliphatic carbocycles. The van der Waals surface area contributed by atoms with Gasteiger partial charge in [0.15, 0.2) is 0 Å². The molecule has 0 spiro atoms. The second kappa shape index (κ2) is 9.31. The molecule has 2 aromatic carbocycles. The van der Waals surface area contributed by atoms with Crippen LogP contribution in [0.5, 0.6) is 5.75 Å². The van der Waals surface area contributed by atoms with E-state index < -0.39 is 12.1 Å². The number of amides is 1. The number of hydrazone groups is 1. The Kier molecular flexibility index (Phi) is 6.32. The quantitative estimate of drug-likeness (QED) is 0.533. The minimum Gasteiger partial charge on any atom is -0.478 e. The first kappa shape index (κ1) is 21.1. The fraction of sp³-hybridized carbons (Fsp3) is 0.375. The number of para-hydroxylation sites is 1. The summed E-state index contributed by atoms with van der Waals surface area (Å²) in [5, 5.41) is 14.6. The van der Waals surface area contributed by atoms with Crippen LogP contribution in [-0.2, 0) is 11.2 Å². The molecular weight excluding hydrogens is 396 g/mol. The van der Waals surface area contributed by atoms with Crippen molar-refractivity contribution in [3.05, 3.63) is 65.7 Å². The number of carbonyl (C=O) groups is 2. The van der Waals surface area contributed by atoms with Gasteiger partial charge in [-0.15, -0.1) is 0 Å². The van der Waals surface area contributed by atoms with Crippen LogP contribution in [-0.4, -0.2) is 47.6 Å². The lowest BCUT2D eigenvalue weighted by Crippen LogP contribution is -2.31. The molecule has 1 amide bonds. The van der Waals surface area contributed by atoms with E-state index in [1.54, 1.807) is 43.4 Å². The number of hydrogen-bond acceptors (Lipinski definition) is 5. The van der Waals surface area contributed by atoms with E-state index in [-0.39, 0.29) is 18.1 Å². The summed E-state index contributed by atoms with van der Waals surface area (Å²) in [5.74, 6) is 0.0213. The maximum Gasteiger partial charge on any atom is 0.435 e. The number of nitrogens with zero attached hydrogens (tertiary/aromatic N) is 2. The van der Waals surface area contributed by atoms with E-state index in [9.17, 15) is 9.59 Å². The van der Waals surface area contributed by atoms with Crippen LogP contribution in [0.2, 0.25) is 0 Å². The van der Waals surface area contributed by atoms with Gasteiger partial charge in [-0.05, 0) is 61.4 Å². The fourth-order valence-corrected chi connectivity index (χ4v) is 4.42. The lowest BCUT2D eigenvalue weighted by molar-refractivity contribution is 0.0696. The summed E-state index contributed by atoms with van der Waals surface area (Å²) in [6.07, 6.45) is 5.44. The number of benzene rings is 2. The molecule has 2 heterocycles. The Morgan fingerprint density at radius 2 is 1.84 bits per heavy atom. The summed E-state index contributed by atoms with van der Waals surface area (Å²) in [7, 11) is 1.58. The van der Waals surface area contributed by atoms with Crippen LogP contribution in [0.1, 0.15) is 35.2 Å². The molecule has 4 atom stereocenters. The van der Waals surface area contributed by atoms with Gasteiger partial charge in [0.05, 0.1) is 17.8 Å². The second-order valence-corrected chi connectivity index (χ2v) is 8.04. The summed E-state index contributed by atoms with van der Waals surface area (Å²) in [5.41, 5.74) is 1.40. The molecule has 0 saturated carbocycles. The van der Waals surface area contributed by atoms with Gasteiger partial charge >= 0.3 is 12.1 Å². The van der Waals surface area contributed by atoms with Crippen molar-refractivity contribution >= 4 is 18.3 Å². The molecule has 1 N–H and O–H groups in total. The Bertz CT molecular complexity index is 944. The Hall–Kier alpha value is -3.19. The van der Waals surface area contributed by atoms with Gasteiger partial charge in [0.1, 0.15) is 5.75 Å². The molecule has 7 heteroatoms. The van der Waals surface area contributed by atoms with Crippen LogP contribution in [0.4, 0.5) is 4.79 Å². The molecular formula is C24H26N2O5. The maximum absolute atomic E-state index is 12.3. The molecule has 162 valence electrons. The van der Waals surface area contributed by atoms with Crippen molar-refractivity contribution in [1.29, 1.82) is 0 Å². The SMILES string of the molecule is CN(N=C[C@H]1[C@@H](CCc2ccc(C(=O)O)cc2)[C@H]2CC[C@@H]1O2)C(=O)Oc1ccccc1. The molecule has 7 nitrogen and oxygen atoms in total. The maximum atomic E-state index is 12.3. The summed E-state index contributed by atoms with van der Waals surface area (Å²) >= 11 is 0. The number of carboxylic acid groups (broad SMARTS) is 1. The zero-order valence-electron chi connectivity index (χ0n) is 17.4. The Morgan fingerprint density at radius 3 is 2.55 bits per heavy atom. The van der Waals surface area contributed by atoms with Gasteiger partial charge in [-0.1, -0.05) is 30.3 Å². The molecule has 4 rings (SSSR count). The van der Waals surface area contributed by atoms with Gasteiger partial charge in [-0.3, -0.25) is 0 Å². The van der Waals surface area contributed by atoms with Crippen molar-refractivity contribution in [1.82, 2.24) is 5.01 Å². The highest BCUT2D eigenvalue weighted by molar-refractivity contribution is 5.87. The molecule has 2 aromatic rings. The van der Waals surface area contributed by atoms with Gasteiger partial charge in [-0.2, -0.15) is 5.10 Å². The molecule has 2 aliphatic rings. The summed E-state index contributed by atoms with van der Waals surface area (Å²) < 4.78 is 11.4. The lowest BCUT2D eigenvalue weighted by Gasteiger charge is -2.25. The monoisotopic (exact) mass is 422 g/mol. The van der Waals surface area contributed by atoms with Crippen molar-refractivity contribution in [3.8, 4) is 5.75 Å². The van der Waals surface area contributed by atoms with Crippen molar-refractivity contribution in [3.63, 3.8) is 0 Å². The van der Waals surface area contributed by atoms with E-state index >= 15 is 0 Å². The smallest absolute Gasteiger partial charge is 0.435 e. The number of aryl methyl sites for hydroxylation is 1. The van der Waals surface area contributed by atoms with Crippen LogP contribution >= 0.6 is 0 Å². The second-order valence-electron chi connectivity index (χ2n) is 8.04. The lowest BCUT2D eigenvalue weighted by atomic mass is 9.77. The van der Waals surface area contributed by atoms with Gasteiger partial charge in [0, 0.05) is 19.2 Å². The molecule has 2 bridgehead atoms. The highest BCUT2D eigenvalue weighted by Gasteiger charge is 2.47. The normalized spacial score (nSPS) is 24.4. The Labute approximate surface area is 181 Å². The van der Waals surface area contributed by atoms with Crippen molar-refractivity contribution in [2.75, 3.05) is 7.05 Å². The molecule has 31 heavy (non-hydrogen) atoms. The van der Waals surface area contributed by atoms with Gasteiger partial charge in [0.25, 0.3) is 0 Å². The van der Waals surface area contributed by atoms with Gasteiger partial charge in [0.2, 0.25) is 0 Å². The Balaban J connectivity index is 1.36. The van der Waals surface area contributed by atoms with E-state index in [1.807, 2.05) is 24.4 Å². The number of fused-ring (bicyclic) bond motifs is 2. The van der Waals surface area contributed by atoms with Crippen LogP contribution in [0.3, 0.4) is 0 Å². The van der Waals surface area contributed by atoms with Gasteiger partial charge in [-0.25, -0.2) is 14.6 Å². The zero-order valence-corrected chi connectivity index (χ0v) is 17.4. The van der Waals surface area contributed by atoms with E-state index in [0.717, 1.165) is 31.2 Å². The molecule has 0 unspecified atom stereocenters. The van der Waals surface area contributed by atoms with Crippen LogP contribution in [0.25, 0.3) is 0 Å². The van der Waals surface area contributed by atoms with E-state index in [4.69, 9.17) is 14.6 Å². The number of carbonyl (C=O) groups excluding carboxylic acids is 1. The van der Waals surface area contributed by atoms with Crippen molar-refractivity contribution in [2.45, 2.75) is 37.9 Å². The molecule has 0 radical (unpaired) electrons. The van der Waals surface area contributed by atoms with Crippen molar-refractivity contribution in [2.24, 2.45) is 16.9 Å². The average molecular weight is 422 g/mol. The number of aromatic carboxylic acids is 1. The third kappa shape index (κ3) is 4.94. The highest BCUT2D eigenvalue weighted by Crippen LogP contribution is 2.44. The zero-order chi connectivity index (χ0) is 21.8. The first-order valence-corrected chi connectivity index (χ1v) is 10.5. The molecule has 2 fully saturated rings. The predicted octanol–water partition coefficient (Wildman–Crippen LogP) is 4.23. The predicted molar refractivity (Wildman–Crippen MR) is 115 cm³/mol. The highest BCUT2D eigenvalue weighted by atomic mass is 16.6. The minimum absolute atomic E-state index is 0.131.